The summed E-state index contributed by atoms with van der Waals surface area (Å²) in [6, 6.07) is 3.01. The van der Waals surface area contributed by atoms with Crippen LogP contribution < -0.4 is 5.32 Å². The summed E-state index contributed by atoms with van der Waals surface area (Å²) in [5.41, 5.74) is 1.50. The topological polar surface area (TPSA) is 12.0 Å². The number of nitrogens with one attached hydrogen (secondary N) is 1. The fourth-order valence-electron chi connectivity index (χ4n) is 1.59. The monoisotopic (exact) mass is 299 g/mol. The fraction of sp³-hybridized carbons (Fsp3) is 0.538. The molecule has 0 atom stereocenters. The normalized spacial score (nSPS) is 16.8. The van der Waals surface area contributed by atoms with Crippen LogP contribution in [0.1, 0.15) is 35.9 Å². The van der Waals surface area contributed by atoms with Gasteiger partial charge in [-0.25, -0.2) is 0 Å². The number of aryl methyl sites for hydroxylation is 1. The number of thiophene rings is 1. The molecule has 1 heterocycles. The molecule has 0 aromatic carbocycles. The molecule has 3 heteroatoms. The second kappa shape index (κ2) is 5.48. The van der Waals surface area contributed by atoms with Crippen molar-refractivity contribution < 1.29 is 0 Å². The quantitative estimate of drug-likeness (QED) is 0.851. The molecule has 0 spiro atoms. The maximum atomic E-state index is 3.57. The summed E-state index contributed by atoms with van der Waals surface area (Å²) in [7, 11) is 0. The molecule has 16 heavy (non-hydrogen) atoms. The van der Waals surface area contributed by atoms with E-state index in [1.54, 1.807) is 0 Å². The zero-order valence-electron chi connectivity index (χ0n) is 9.85. The van der Waals surface area contributed by atoms with Gasteiger partial charge in [0.05, 0.1) is 0 Å². The van der Waals surface area contributed by atoms with Crippen molar-refractivity contribution in [2.24, 2.45) is 0 Å². The summed E-state index contributed by atoms with van der Waals surface area (Å²) < 4.78 is 1.23. The van der Waals surface area contributed by atoms with Crippen molar-refractivity contribution in [1.29, 1.82) is 0 Å². The zero-order valence-corrected chi connectivity index (χ0v) is 12.2. The highest BCUT2D eigenvalue weighted by Gasteiger charge is 2.20. The molecule has 0 radical (unpaired) electrons. The summed E-state index contributed by atoms with van der Waals surface area (Å²) in [5, 5.41) is 3.57. The van der Waals surface area contributed by atoms with Gasteiger partial charge in [0.15, 0.2) is 0 Å². The van der Waals surface area contributed by atoms with Crippen molar-refractivity contribution in [1.82, 2.24) is 5.32 Å². The van der Waals surface area contributed by atoms with Crippen molar-refractivity contribution in [3.05, 3.63) is 25.9 Å². The third kappa shape index (κ3) is 3.44. The standard InChI is InChI=1S/C13H18BrNS/c1-3-10(8-15-11-4-5-11)6-12-7-13(14)9(2)16-12/h6-7,11,15H,3-5,8H2,1-2H3. The predicted octanol–water partition coefficient (Wildman–Crippen LogP) is 4.36. The molecule has 0 amide bonds. The summed E-state index contributed by atoms with van der Waals surface area (Å²) in [6.45, 7) is 5.44. The molecule has 1 aromatic heterocycles. The smallest absolute Gasteiger partial charge is 0.0317 e. The molecule has 2 rings (SSSR count). The lowest BCUT2D eigenvalue weighted by molar-refractivity contribution is 0.723. The Balaban J connectivity index is 2.00. The van der Waals surface area contributed by atoms with E-state index in [1.807, 2.05) is 11.3 Å². The van der Waals surface area contributed by atoms with E-state index in [-0.39, 0.29) is 0 Å². The number of halogens is 1. The van der Waals surface area contributed by atoms with E-state index in [1.165, 1.54) is 32.6 Å². The Morgan fingerprint density at radius 3 is 2.88 bits per heavy atom. The van der Waals surface area contributed by atoms with Crippen LogP contribution in [0.3, 0.4) is 0 Å². The zero-order chi connectivity index (χ0) is 11.5. The molecule has 1 aliphatic rings. The molecule has 1 fully saturated rings. The van der Waals surface area contributed by atoms with E-state index in [4.69, 9.17) is 0 Å². The first-order valence-corrected chi connectivity index (χ1v) is 7.48. The molecule has 0 saturated heterocycles. The molecule has 1 nitrogen and oxygen atoms in total. The molecule has 0 bridgehead atoms. The average Bonchev–Trinajstić information content (AvgIpc) is 3.02. The van der Waals surface area contributed by atoms with Crippen molar-refractivity contribution in [2.45, 2.75) is 39.2 Å². The summed E-state index contributed by atoms with van der Waals surface area (Å²) in [6.07, 6.45) is 6.19. The van der Waals surface area contributed by atoms with Gasteiger partial charge in [-0.3, -0.25) is 0 Å². The van der Waals surface area contributed by atoms with E-state index in [2.05, 4.69) is 47.2 Å². The highest BCUT2D eigenvalue weighted by atomic mass is 79.9. The molecule has 0 unspecified atom stereocenters. The number of hydrogen-bond donors (Lipinski definition) is 1. The Bertz CT molecular complexity index is 371. The van der Waals surface area contributed by atoms with E-state index in [0.717, 1.165) is 19.0 Å². The van der Waals surface area contributed by atoms with Crippen LogP contribution in [0.4, 0.5) is 0 Å². The Hall–Kier alpha value is -0.120. The maximum absolute atomic E-state index is 3.57. The molecular formula is C13H18BrNS. The van der Waals surface area contributed by atoms with Crippen molar-refractivity contribution in [3.63, 3.8) is 0 Å². The Kier molecular flexibility index (Phi) is 4.22. The van der Waals surface area contributed by atoms with Crippen molar-refractivity contribution >= 4 is 33.3 Å². The van der Waals surface area contributed by atoms with Crippen LogP contribution in [0.15, 0.2) is 16.1 Å². The van der Waals surface area contributed by atoms with Gasteiger partial charge in [-0.1, -0.05) is 12.5 Å². The van der Waals surface area contributed by atoms with Gasteiger partial charge in [0.25, 0.3) is 0 Å². The second-order valence-corrected chi connectivity index (χ2v) is 6.51. The highest BCUT2D eigenvalue weighted by molar-refractivity contribution is 9.10. The lowest BCUT2D eigenvalue weighted by Gasteiger charge is -2.05. The SMILES string of the molecule is CCC(=Cc1cc(Br)c(C)s1)CNC1CC1. The molecule has 88 valence electrons. The Morgan fingerprint density at radius 1 is 1.62 bits per heavy atom. The summed E-state index contributed by atoms with van der Waals surface area (Å²) in [4.78, 5) is 2.72. The third-order valence-corrected chi connectivity index (χ3v) is 4.96. The van der Waals surface area contributed by atoms with Gasteiger partial charge >= 0.3 is 0 Å². The Morgan fingerprint density at radius 2 is 2.38 bits per heavy atom. The van der Waals surface area contributed by atoms with Gasteiger partial charge in [-0.05, 0) is 54.3 Å². The first kappa shape index (κ1) is 12.3. The second-order valence-electron chi connectivity index (χ2n) is 4.36. The van der Waals surface area contributed by atoms with Crippen LogP contribution in [0.5, 0.6) is 0 Å². The van der Waals surface area contributed by atoms with Crippen LogP contribution in [0.25, 0.3) is 6.08 Å². The van der Waals surface area contributed by atoms with Crippen molar-refractivity contribution in [3.8, 4) is 0 Å². The van der Waals surface area contributed by atoms with Crippen LogP contribution >= 0.6 is 27.3 Å². The van der Waals surface area contributed by atoms with Crippen LogP contribution in [-0.2, 0) is 0 Å². The molecule has 1 saturated carbocycles. The molecular weight excluding hydrogens is 282 g/mol. The van der Waals surface area contributed by atoms with Gasteiger partial charge in [-0.15, -0.1) is 11.3 Å². The fourth-order valence-corrected chi connectivity index (χ4v) is 3.15. The molecule has 1 aromatic rings. The molecule has 0 aliphatic heterocycles. The average molecular weight is 300 g/mol. The van der Waals surface area contributed by atoms with E-state index in [0.29, 0.717) is 0 Å². The minimum atomic E-state index is 0.798. The van der Waals surface area contributed by atoms with E-state index in [9.17, 15) is 0 Å². The van der Waals surface area contributed by atoms with Gasteiger partial charge in [0, 0.05) is 26.8 Å². The highest BCUT2D eigenvalue weighted by Crippen LogP contribution is 2.28. The van der Waals surface area contributed by atoms with Crippen molar-refractivity contribution in [2.75, 3.05) is 6.54 Å². The first-order valence-electron chi connectivity index (χ1n) is 5.87. The van der Waals surface area contributed by atoms with Gasteiger partial charge in [0.2, 0.25) is 0 Å². The number of rotatable bonds is 5. The van der Waals surface area contributed by atoms with Crippen LogP contribution in [-0.4, -0.2) is 12.6 Å². The predicted molar refractivity (Wildman–Crippen MR) is 76.0 cm³/mol. The Labute approximate surface area is 110 Å². The lowest BCUT2D eigenvalue weighted by atomic mass is 10.2. The first-order chi connectivity index (χ1) is 7.69. The lowest BCUT2D eigenvalue weighted by Crippen LogP contribution is -2.18. The molecule has 1 N–H and O–H groups in total. The minimum absolute atomic E-state index is 0.798. The number of hydrogen-bond acceptors (Lipinski definition) is 2. The minimum Gasteiger partial charge on any atom is -0.310 e. The van der Waals surface area contributed by atoms with Gasteiger partial charge in [-0.2, -0.15) is 0 Å². The maximum Gasteiger partial charge on any atom is 0.0317 e. The summed E-state index contributed by atoms with van der Waals surface area (Å²) in [5.74, 6) is 0. The molecule has 1 aliphatic carbocycles. The van der Waals surface area contributed by atoms with E-state index < -0.39 is 0 Å². The third-order valence-electron chi connectivity index (χ3n) is 2.87. The van der Waals surface area contributed by atoms with E-state index >= 15 is 0 Å². The summed E-state index contributed by atoms with van der Waals surface area (Å²) >= 11 is 5.42. The van der Waals surface area contributed by atoms with Gasteiger partial charge < -0.3 is 5.32 Å². The van der Waals surface area contributed by atoms with Gasteiger partial charge in [0.1, 0.15) is 0 Å². The largest absolute Gasteiger partial charge is 0.310 e. The van der Waals surface area contributed by atoms with Crippen LogP contribution in [0.2, 0.25) is 0 Å². The van der Waals surface area contributed by atoms with Crippen LogP contribution in [0, 0.1) is 6.92 Å².